The molecule has 1 unspecified atom stereocenters. The van der Waals surface area contributed by atoms with E-state index < -0.39 is 17.7 Å². The van der Waals surface area contributed by atoms with Gasteiger partial charge in [-0.05, 0) is 53.6 Å². The van der Waals surface area contributed by atoms with Crippen LogP contribution in [0.5, 0.6) is 5.75 Å². The fourth-order valence-electron chi connectivity index (χ4n) is 4.38. The number of amides is 2. The number of benzene rings is 2. The van der Waals surface area contributed by atoms with Crippen molar-refractivity contribution in [2.24, 2.45) is 0 Å². The first kappa shape index (κ1) is 21.4. The van der Waals surface area contributed by atoms with Gasteiger partial charge in [0.05, 0.1) is 18.2 Å². The van der Waals surface area contributed by atoms with Crippen molar-refractivity contribution in [2.45, 2.75) is 19.4 Å². The minimum Gasteiger partial charge on any atom is -0.507 e. The van der Waals surface area contributed by atoms with E-state index in [0.29, 0.717) is 35.5 Å². The number of fused-ring (bicyclic) bond motifs is 1. The van der Waals surface area contributed by atoms with Crippen molar-refractivity contribution >= 4 is 34.7 Å². The molecule has 2 aliphatic heterocycles. The monoisotopic (exact) mass is 455 g/mol. The molecule has 2 amide bonds. The van der Waals surface area contributed by atoms with Crippen LogP contribution in [0.4, 0.5) is 11.4 Å². The number of aliphatic hydroxyl groups excluding tert-OH is 1. The number of aliphatic hydroxyl groups is 1. The van der Waals surface area contributed by atoms with Crippen molar-refractivity contribution < 1.29 is 24.2 Å². The molecule has 2 aromatic carbocycles. The van der Waals surface area contributed by atoms with E-state index in [4.69, 9.17) is 4.74 Å². The number of pyridine rings is 1. The minimum absolute atomic E-state index is 0.0261. The molecular formula is C26H21N3O5. The lowest BCUT2D eigenvalue weighted by atomic mass is 9.95. The normalized spacial score (nSPS) is 18.5. The van der Waals surface area contributed by atoms with Crippen LogP contribution < -0.4 is 15.0 Å². The highest BCUT2D eigenvalue weighted by atomic mass is 16.5. The van der Waals surface area contributed by atoms with Gasteiger partial charge in [-0.3, -0.25) is 24.3 Å². The van der Waals surface area contributed by atoms with E-state index in [1.165, 1.54) is 11.8 Å². The minimum atomic E-state index is -0.897. The topological polar surface area (TPSA) is 109 Å². The molecular weight excluding hydrogens is 434 g/mol. The molecule has 0 saturated carbocycles. The van der Waals surface area contributed by atoms with Crippen LogP contribution in [0, 0.1) is 0 Å². The third kappa shape index (κ3) is 3.69. The van der Waals surface area contributed by atoms with Gasteiger partial charge in [0.2, 0.25) is 5.91 Å². The number of ketones is 1. The fourth-order valence-corrected chi connectivity index (χ4v) is 4.38. The van der Waals surface area contributed by atoms with Gasteiger partial charge < -0.3 is 15.2 Å². The maximum absolute atomic E-state index is 13.3. The molecule has 0 bridgehead atoms. The number of hydrogen-bond acceptors (Lipinski definition) is 6. The molecule has 2 N–H and O–H groups in total. The molecule has 3 aromatic rings. The number of carbonyl (C=O) groups excluding carboxylic acids is 3. The van der Waals surface area contributed by atoms with Crippen molar-refractivity contribution in [3.05, 3.63) is 89.3 Å². The molecule has 0 aliphatic carbocycles. The Morgan fingerprint density at radius 2 is 2.00 bits per heavy atom. The summed E-state index contributed by atoms with van der Waals surface area (Å²) >= 11 is 0. The zero-order valence-corrected chi connectivity index (χ0v) is 18.3. The van der Waals surface area contributed by atoms with E-state index in [1.807, 2.05) is 0 Å². The Kier molecular flexibility index (Phi) is 5.33. The van der Waals surface area contributed by atoms with Crippen molar-refractivity contribution in [3.8, 4) is 5.75 Å². The van der Waals surface area contributed by atoms with Gasteiger partial charge in [0, 0.05) is 42.7 Å². The van der Waals surface area contributed by atoms with Crippen LogP contribution in [0.25, 0.3) is 5.76 Å². The number of hydrogen-bond donors (Lipinski definition) is 2. The Bertz CT molecular complexity index is 1350. The predicted octanol–water partition coefficient (Wildman–Crippen LogP) is 3.60. The van der Waals surface area contributed by atoms with Gasteiger partial charge in [-0.25, -0.2) is 0 Å². The summed E-state index contributed by atoms with van der Waals surface area (Å²) in [6, 6.07) is 14.4. The molecule has 8 nitrogen and oxygen atoms in total. The van der Waals surface area contributed by atoms with E-state index in [1.54, 1.807) is 67.0 Å². The Morgan fingerprint density at radius 1 is 1.15 bits per heavy atom. The summed E-state index contributed by atoms with van der Waals surface area (Å²) in [5, 5.41) is 14.0. The number of anilines is 2. The molecule has 0 radical (unpaired) electrons. The van der Waals surface area contributed by atoms with Crippen LogP contribution in [0.15, 0.2) is 72.6 Å². The highest BCUT2D eigenvalue weighted by Gasteiger charge is 2.47. The van der Waals surface area contributed by atoms with Gasteiger partial charge in [-0.1, -0.05) is 12.1 Å². The van der Waals surface area contributed by atoms with Crippen LogP contribution in [-0.4, -0.2) is 34.3 Å². The Hall–Kier alpha value is -4.46. The molecule has 2 aliphatic rings. The average molecular weight is 455 g/mol. The van der Waals surface area contributed by atoms with Gasteiger partial charge in [0.1, 0.15) is 11.5 Å². The number of ether oxygens (including phenoxy) is 1. The van der Waals surface area contributed by atoms with E-state index in [2.05, 4.69) is 10.3 Å². The molecule has 5 rings (SSSR count). The third-order valence-corrected chi connectivity index (χ3v) is 5.85. The third-order valence-electron chi connectivity index (χ3n) is 5.85. The molecule has 3 heterocycles. The number of carbonyl (C=O) groups is 3. The predicted molar refractivity (Wildman–Crippen MR) is 125 cm³/mol. The molecule has 8 heteroatoms. The number of Topliss-reactive ketones (excluding diaryl/α,β-unsaturated/α-hetero) is 1. The summed E-state index contributed by atoms with van der Waals surface area (Å²) in [6.07, 6.45) is 3.85. The summed E-state index contributed by atoms with van der Waals surface area (Å²) in [7, 11) is 0. The summed E-state index contributed by atoms with van der Waals surface area (Å²) in [4.78, 5) is 43.5. The first-order chi connectivity index (χ1) is 16.4. The highest BCUT2D eigenvalue weighted by molar-refractivity contribution is 6.51. The molecule has 1 fully saturated rings. The van der Waals surface area contributed by atoms with Crippen LogP contribution in [-0.2, 0) is 20.8 Å². The standard InChI is InChI=1S/C26H21N3O5/c1-15(30)28-19-5-2-6-20(13-19)29-23(18-4-3-10-27-14-18)22(25(32)26(29)33)24(31)17-7-8-21-16(12-17)9-11-34-21/h2-8,10,12-14,23,31H,9,11H2,1H3,(H,28,30)/b24-22-. The van der Waals surface area contributed by atoms with Crippen LogP contribution in [0.1, 0.15) is 29.7 Å². The number of nitrogens with one attached hydrogen (secondary N) is 1. The zero-order valence-electron chi connectivity index (χ0n) is 18.3. The van der Waals surface area contributed by atoms with Crippen LogP contribution in [0.2, 0.25) is 0 Å². The van der Waals surface area contributed by atoms with E-state index >= 15 is 0 Å². The van der Waals surface area contributed by atoms with Gasteiger partial charge in [0.15, 0.2) is 0 Å². The molecule has 170 valence electrons. The van der Waals surface area contributed by atoms with Crippen molar-refractivity contribution in [1.29, 1.82) is 0 Å². The van der Waals surface area contributed by atoms with E-state index in [9.17, 15) is 19.5 Å². The highest BCUT2D eigenvalue weighted by Crippen LogP contribution is 2.43. The van der Waals surface area contributed by atoms with Crippen molar-refractivity contribution in [3.63, 3.8) is 0 Å². The summed E-state index contributed by atoms with van der Waals surface area (Å²) in [5.41, 5.74) is 2.79. The lowest BCUT2D eigenvalue weighted by Gasteiger charge is -2.25. The van der Waals surface area contributed by atoms with Crippen molar-refractivity contribution in [2.75, 3.05) is 16.8 Å². The van der Waals surface area contributed by atoms with E-state index in [-0.39, 0.29) is 17.2 Å². The Morgan fingerprint density at radius 3 is 2.76 bits per heavy atom. The maximum Gasteiger partial charge on any atom is 0.300 e. The Balaban J connectivity index is 1.67. The number of aromatic nitrogens is 1. The maximum atomic E-state index is 13.3. The molecule has 1 atom stereocenters. The van der Waals surface area contributed by atoms with Gasteiger partial charge in [-0.2, -0.15) is 0 Å². The van der Waals surface area contributed by atoms with Crippen molar-refractivity contribution in [1.82, 2.24) is 4.98 Å². The SMILES string of the molecule is CC(=O)Nc1cccc(N2C(=O)C(=O)/C(=C(\O)c3ccc4c(c3)CCO4)C2c2cccnc2)c1. The second-order valence-corrected chi connectivity index (χ2v) is 8.11. The first-order valence-corrected chi connectivity index (χ1v) is 10.8. The zero-order chi connectivity index (χ0) is 23.8. The molecule has 34 heavy (non-hydrogen) atoms. The average Bonchev–Trinajstić information content (AvgIpc) is 3.41. The van der Waals surface area contributed by atoms with Crippen LogP contribution in [0.3, 0.4) is 0 Å². The number of rotatable bonds is 4. The molecule has 0 spiro atoms. The molecule has 1 aromatic heterocycles. The lowest BCUT2D eigenvalue weighted by Crippen LogP contribution is -2.29. The molecule has 1 saturated heterocycles. The largest absolute Gasteiger partial charge is 0.507 e. The summed E-state index contributed by atoms with van der Waals surface area (Å²) < 4.78 is 5.54. The number of nitrogens with zero attached hydrogens (tertiary/aromatic N) is 2. The van der Waals surface area contributed by atoms with Gasteiger partial charge >= 0.3 is 0 Å². The smallest absolute Gasteiger partial charge is 0.300 e. The lowest BCUT2D eigenvalue weighted by molar-refractivity contribution is -0.132. The van der Waals surface area contributed by atoms with E-state index in [0.717, 1.165) is 11.3 Å². The van der Waals surface area contributed by atoms with Gasteiger partial charge in [-0.15, -0.1) is 0 Å². The fraction of sp³-hybridized carbons (Fsp3) is 0.154. The first-order valence-electron chi connectivity index (χ1n) is 10.8. The van der Waals surface area contributed by atoms with Gasteiger partial charge in [0.25, 0.3) is 11.7 Å². The summed E-state index contributed by atoms with van der Waals surface area (Å²) in [6.45, 7) is 1.94. The second kappa shape index (κ2) is 8.47. The summed E-state index contributed by atoms with van der Waals surface area (Å²) in [5.74, 6) is -1.35. The van der Waals surface area contributed by atoms with Crippen LogP contribution >= 0.6 is 0 Å². The second-order valence-electron chi connectivity index (χ2n) is 8.11. The Labute approximate surface area is 195 Å². The quantitative estimate of drug-likeness (QED) is 0.354.